The third-order valence-electron chi connectivity index (χ3n) is 7.17. The SMILES string of the molecule is CCOc1ccc2ccccc2c1/C=N/N1C(=O)[C@@H]2[C@@H]3C=C[C@H]([C@H]4C[C@H]34)[C@@H]2C1=O. The monoisotopic (exact) mass is 386 g/mol. The first-order chi connectivity index (χ1) is 14.2. The second kappa shape index (κ2) is 6.02. The van der Waals surface area contributed by atoms with Gasteiger partial charge < -0.3 is 4.74 Å². The molecule has 2 aromatic rings. The van der Waals surface area contributed by atoms with Gasteiger partial charge in [0.25, 0.3) is 11.8 Å². The summed E-state index contributed by atoms with van der Waals surface area (Å²) in [6.45, 7) is 2.46. The molecule has 0 aromatic heterocycles. The van der Waals surface area contributed by atoms with Gasteiger partial charge in [-0.05, 0) is 53.9 Å². The van der Waals surface area contributed by atoms with Crippen LogP contribution in [-0.4, -0.2) is 29.6 Å². The molecule has 0 N–H and O–H groups in total. The fourth-order valence-corrected chi connectivity index (χ4v) is 5.86. The molecule has 5 heteroatoms. The minimum absolute atomic E-state index is 0.140. The lowest BCUT2D eigenvalue weighted by molar-refractivity contribution is -0.140. The standard InChI is InChI=1S/C24H22N2O3/c1-2-29-20-10-7-13-5-3-4-6-14(13)19(20)12-25-26-23(27)21-15-8-9-16(18-11-17(15)18)22(21)24(26)28/h3-10,12,15-18,21-22H,2,11H2,1H3/b25-12+/t15-,16-,17-,18-,21-,22+/m1/s1. The molecule has 146 valence electrons. The first kappa shape index (κ1) is 17.0. The lowest BCUT2D eigenvalue weighted by atomic mass is 9.63. The molecule has 7 rings (SSSR count). The van der Waals surface area contributed by atoms with E-state index in [0.29, 0.717) is 24.2 Å². The summed E-state index contributed by atoms with van der Waals surface area (Å²) < 4.78 is 5.78. The summed E-state index contributed by atoms with van der Waals surface area (Å²) in [4.78, 5) is 26.3. The molecule has 5 aliphatic rings. The normalized spacial score (nSPS) is 34.2. The smallest absolute Gasteiger partial charge is 0.254 e. The van der Waals surface area contributed by atoms with Crippen LogP contribution >= 0.6 is 0 Å². The molecule has 2 saturated carbocycles. The number of carbonyl (C=O) groups excluding carboxylic acids is 2. The Bertz CT molecular complexity index is 1070. The van der Waals surface area contributed by atoms with E-state index in [4.69, 9.17) is 4.74 Å². The molecular formula is C24H22N2O3. The number of hydrogen-bond acceptors (Lipinski definition) is 4. The van der Waals surface area contributed by atoms with Gasteiger partial charge in [0.15, 0.2) is 0 Å². The Morgan fingerprint density at radius 3 is 2.41 bits per heavy atom. The van der Waals surface area contributed by atoms with Gasteiger partial charge >= 0.3 is 0 Å². The minimum Gasteiger partial charge on any atom is -0.493 e. The van der Waals surface area contributed by atoms with Crippen LogP contribution in [0.5, 0.6) is 5.75 Å². The fraction of sp³-hybridized carbons (Fsp3) is 0.375. The molecule has 2 bridgehead atoms. The van der Waals surface area contributed by atoms with Crippen LogP contribution in [0.2, 0.25) is 0 Å². The van der Waals surface area contributed by atoms with E-state index in [9.17, 15) is 9.59 Å². The summed E-state index contributed by atoms with van der Waals surface area (Å²) in [6.07, 6.45) is 7.13. The predicted molar refractivity (Wildman–Crippen MR) is 109 cm³/mol. The molecule has 4 aliphatic carbocycles. The van der Waals surface area contributed by atoms with Gasteiger partial charge in [-0.3, -0.25) is 9.59 Å². The molecule has 5 nitrogen and oxygen atoms in total. The lowest BCUT2D eigenvalue weighted by Crippen LogP contribution is -2.40. The maximum Gasteiger partial charge on any atom is 0.254 e. The molecule has 1 saturated heterocycles. The summed E-state index contributed by atoms with van der Waals surface area (Å²) in [7, 11) is 0. The minimum atomic E-state index is -0.225. The summed E-state index contributed by atoms with van der Waals surface area (Å²) >= 11 is 0. The highest BCUT2D eigenvalue weighted by Crippen LogP contribution is 2.65. The zero-order valence-corrected chi connectivity index (χ0v) is 16.2. The van der Waals surface area contributed by atoms with Crippen molar-refractivity contribution >= 4 is 28.8 Å². The van der Waals surface area contributed by atoms with E-state index < -0.39 is 0 Å². The van der Waals surface area contributed by atoms with Gasteiger partial charge in [0.2, 0.25) is 0 Å². The van der Waals surface area contributed by atoms with Crippen molar-refractivity contribution in [3.8, 4) is 5.75 Å². The number of benzene rings is 2. The van der Waals surface area contributed by atoms with Crippen molar-refractivity contribution in [1.29, 1.82) is 0 Å². The number of carbonyl (C=O) groups is 2. The molecule has 2 amide bonds. The Hall–Kier alpha value is -2.95. The summed E-state index contributed by atoms with van der Waals surface area (Å²) in [5.74, 6) is 1.58. The molecule has 2 aromatic carbocycles. The van der Waals surface area contributed by atoms with Crippen molar-refractivity contribution in [2.45, 2.75) is 13.3 Å². The Kier molecular flexibility index (Phi) is 3.52. The van der Waals surface area contributed by atoms with E-state index in [1.54, 1.807) is 6.21 Å². The topological polar surface area (TPSA) is 59.0 Å². The Morgan fingerprint density at radius 1 is 1.03 bits per heavy atom. The van der Waals surface area contributed by atoms with Crippen LogP contribution in [0.1, 0.15) is 18.9 Å². The quantitative estimate of drug-likeness (QED) is 0.458. The molecule has 0 unspecified atom stereocenters. The Balaban J connectivity index is 1.38. The maximum absolute atomic E-state index is 13.1. The van der Waals surface area contributed by atoms with Crippen molar-refractivity contribution in [3.05, 3.63) is 54.1 Å². The summed E-state index contributed by atoms with van der Waals surface area (Å²) in [6, 6.07) is 11.9. The highest BCUT2D eigenvalue weighted by atomic mass is 16.5. The van der Waals surface area contributed by atoms with Crippen molar-refractivity contribution < 1.29 is 14.3 Å². The number of hydrazone groups is 1. The van der Waals surface area contributed by atoms with Gasteiger partial charge in [0.05, 0.1) is 24.7 Å². The highest BCUT2D eigenvalue weighted by Gasteiger charge is 2.67. The molecule has 29 heavy (non-hydrogen) atoms. The fourth-order valence-electron chi connectivity index (χ4n) is 5.86. The van der Waals surface area contributed by atoms with Crippen LogP contribution in [0.25, 0.3) is 10.8 Å². The van der Waals surface area contributed by atoms with Gasteiger partial charge in [-0.2, -0.15) is 10.1 Å². The van der Waals surface area contributed by atoms with Crippen molar-refractivity contribution in [2.24, 2.45) is 40.6 Å². The zero-order valence-electron chi connectivity index (χ0n) is 16.2. The van der Waals surface area contributed by atoms with E-state index in [2.05, 4.69) is 17.3 Å². The average Bonchev–Trinajstić information content (AvgIpc) is 3.53. The number of amides is 2. The first-order valence-corrected chi connectivity index (χ1v) is 10.4. The number of fused-ring (bicyclic) bond motifs is 1. The van der Waals surface area contributed by atoms with E-state index in [1.165, 1.54) is 0 Å². The summed E-state index contributed by atoms with van der Waals surface area (Å²) in [5.41, 5.74) is 0.796. The second-order valence-electron chi connectivity index (χ2n) is 8.52. The average molecular weight is 386 g/mol. The Labute approximate surface area is 169 Å². The number of imide groups is 1. The van der Waals surface area contributed by atoms with Crippen molar-refractivity contribution in [2.75, 3.05) is 6.61 Å². The van der Waals surface area contributed by atoms with Gasteiger partial charge in [-0.25, -0.2) is 0 Å². The number of allylic oxidation sites excluding steroid dienone is 2. The number of rotatable bonds is 4. The molecule has 0 spiro atoms. The summed E-state index contributed by atoms with van der Waals surface area (Å²) in [5, 5.41) is 7.59. The third-order valence-corrected chi connectivity index (χ3v) is 7.17. The zero-order chi connectivity index (χ0) is 19.7. The first-order valence-electron chi connectivity index (χ1n) is 10.4. The Morgan fingerprint density at radius 2 is 1.72 bits per heavy atom. The van der Waals surface area contributed by atoms with Gasteiger partial charge in [0, 0.05) is 5.56 Å². The number of hydrogen-bond donors (Lipinski definition) is 0. The van der Waals surface area contributed by atoms with E-state index in [0.717, 1.165) is 27.8 Å². The van der Waals surface area contributed by atoms with E-state index >= 15 is 0 Å². The largest absolute Gasteiger partial charge is 0.493 e. The van der Waals surface area contributed by atoms with E-state index in [1.807, 2.05) is 43.3 Å². The molecule has 6 atom stereocenters. The van der Waals surface area contributed by atoms with Crippen LogP contribution in [-0.2, 0) is 9.59 Å². The highest BCUT2D eigenvalue weighted by molar-refractivity contribution is 6.08. The number of nitrogens with zero attached hydrogens (tertiary/aromatic N) is 2. The van der Waals surface area contributed by atoms with Crippen LogP contribution in [0.3, 0.4) is 0 Å². The molecule has 3 fully saturated rings. The molecule has 1 aliphatic heterocycles. The lowest BCUT2D eigenvalue weighted by Gasteiger charge is -2.37. The van der Waals surface area contributed by atoms with Crippen molar-refractivity contribution in [1.82, 2.24) is 5.01 Å². The van der Waals surface area contributed by atoms with Crippen LogP contribution in [0.4, 0.5) is 0 Å². The van der Waals surface area contributed by atoms with Crippen LogP contribution < -0.4 is 4.74 Å². The number of ether oxygens (including phenoxy) is 1. The van der Waals surface area contributed by atoms with Gasteiger partial charge in [0.1, 0.15) is 5.75 Å². The molecular weight excluding hydrogens is 364 g/mol. The second-order valence-corrected chi connectivity index (χ2v) is 8.52. The molecule has 0 radical (unpaired) electrons. The van der Waals surface area contributed by atoms with Crippen molar-refractivity contribution in [3.63, 3.8) is 0 Å². The maximum atomic E-state index is 13.1. The van der Waals surface area contributed by atoms with E-state index in [-0.39, 0.29) is 35.5 Å². The third kappa shape index (κ3) is 2.30. The van der Waals surface area contributed by atoms with Crippen LogP contribution in [0, 0.1) is 35.5 Å². The van der Waals surface area contributed by atoms with Gasteiger partial charge in [-0.1, -0.05) is 42.5 Å². The van der Waals surface area contributed by atoms with Gasteiger partial charge in [-0.15, -0.1) is 0 Å². The predicted octanol–water partition coefficient (Wildman–Crippen LogP) is 3.63. The van der Waals surface area contributed by atoms with Crippen LogP contribution in [0.15, 0.2) is 53.7 Å². The molecule has 1 heterocycles.